The molecular formula is C19H24N2. The predicted octanol–water partition coefficient (Wildman–Crippen LogP) is 3.64. The molecule has 0 saturated carbocycles. The number of hydrogen-bond donors (Lipinski definition) is 1. The Hall–Kier alpha value is -1.67. The molecule has 1 heterocycles. The first-order valence-corrected chi connectivity index (χ1v) is 8.00. The van der Waals surface area contributed by atoms with Crippen LogP contribution < -0.4 is 5.32 Å². The third kappa shape index (κ3) is 3.16. The van der Waals surface area contributed by atoms with Crippen molar-refractivity contribution >= 4 is 0 Å². The molecule has 21 heavy (non-hydrogen) atoms. The van der Waals surface area contributed by atoms with E-state index in [4.69, 9.17) is 0 Å². The Morgan fingerprint density at radius 1 is 1.24 bits per heavy atom. The van der Waals surface area contributed by atoms with Crippen LogP contribution in [-0.2, 0) is 12.8 Å². The molecule has 1 N–H and O–H groups in total. The summed E-state index contributed by atoms with van der Waals surface area (Å²) in [6, 6.07) is 13.7. The Labute approximate surface area is 127 Å². The number of aryl methyl sites for hydroxylation is 2. The molecular weight excluding hydrogens is 256 g/mol. The van der Waals surface area contributed by atoms with Gasteiger partial charge >= 0.3 is 0 Å². The van der Waals surface area contributed by atoms with Crippen molar-refractivity contribution in [2.24, 2.45) is 0 Å². The van der Waals surface area contributed by atoms with Gasteiger partial charge in [0.2, 0.25) is 0 Å². The van der Waals surface area contributed by atoms with Crippen molar-refractivity contribution in [1.29, 1.82) is 0 Å². The summed E-state index contributed by atoms with van der Waals surface area (Å²) in [4.78, 5) is 4.66. The van der Waals surface area contributed by atoms with E-state index >= 15 is 0 Å². The number of nitrogens with one attached hydrogen (secondary N) is 1. The van der Waals surface area contributed by atoms with Gasteiger partial charge in [-0.05, 0) is 49.9 Å². The minimum Gasteiger partial charge on any atom is -0.313 e. The number of rotatable bonds is 5. The van der Waals surface area contributed by atoms with Crippen molar-refractivity contribution in [1.82, 2.24) is 10.3 Å². The number of nitrogens with zero attached hydrogens (tertiary/aromatic N) is 1. The molecule has 3 rings (SSSR count). The van der Waals surface area contributed by atoms with E-state index in [-0.39, 0.29) is 0 Å². The lowest BCUT2D eigenvalue weighted by Crippen LogP contribution is -2.36. The molecule has 2 unspecified atom stereocenters. The van der Waals surface area contributed by atoms with Gasteiger partial charge in [-0.2, -0.15) is 0 Å². The molecule has 1 aromatic heterocycles. The van der Waals surface area contributed by atoms with Crippen molar-refractivity contribution in [3.63, 3.8) is 0 Å². The van der Waals surface area contributed by atoms with E-state index in [1.54, 1.807) is 0 Å². The summed E-state index contributed by atoms with van der Waals surface area (Å²) in [5.41, 5.74) is 5.49. The van der Waals surface area contributed by atoms with Crippen LogP contribution in [0.3, 0.4) is 0 Å². The minimum absolute atomic E-state index is 0.480. The highest BCUT2D eigenvalue weighted by atomic mass is 14.9. The van der Waals surface area contributed by atoms with E-state index in [9.17, 15) is 0 Å². The van der Waals surface area contributed by atoms with Crippen LogP contribution in [0.2, 0.25) is 0 Å². The molecule has 110 valence electrons. The summed E-state index contributed by atoms with van der Waals surface area (Å²) in [5, 5.41) is 3.69. The number of hydrogen-bond acceptors (Lipinski definition) is 2. The minimum atomic E-state index is 0.480. The molecule has 1 aromatic carbocycles. The summed E-state index contributed by atoms with van der Waals surface area (Å²) < 4.78 is 0. The monoisotopic (exact) mass is 280 g/mol. The lowest BCUT2D eigenvalue weighted by Gasteiger charge is -2.25. The second-order valence-corrected chi connectivity index (χ2v) is 6.05. The maximum Gasteiger partial charge on any atom is 0.0482 e. The molecule has 0 radical (unpaired) electrons. The Bertz CT molecular complexity index is 589. The maximum absolute atomic E-state index is 4.66. The zero-order valence-electron chi connectivity index (χ0n) is 13.0. The van der Waals surface area contributed by atoms with E-state index in [0.29, 0.717) is 12.0 Å². The fourth-order valence-corrected chi connectivity index (χ4v) is 3.43. The van der Waals surface area contributed by atoms with Gasteiger partial charge in [0, 0.05) is 23.9 Å². The standard InChI is InChI=1S/C19H24N2/c1-3-20-18(13-15-8-6-14(2)7-9-15)17-11-10-16-5-4-12-21-19(16)17/h4-9,12,17-18,20H,3,10-11,13H2,1-2H3. The molecule has 0 aliphatic heterocycles. The van der Waals surface area contributed by atoms with E-state index in [1.165, 1.54) is 35.2 Å². The largest absolute Gasteiger partial charge is 0.313 e. The Morgan fingerprint density at radius 2 is 2.05 bits per heavy atom. The third-order valence-corrected chi connectivity index (χ3v) is 4.53. The Morgan fingerprint density at radius 3 is 2.81 bits per heavy atom. The average molecular weight is 280 g/mol. The first-order valence-electron chi connectivity index (χ1n) is 8.00. The van der Waals surface area contributed by atoms with E-state index in [2.05, 4.69) is 60.5 Å². The van der Waals surface area contributed by atoms with Crippen LogP contribution in [0.25, 0.3) is 0 Å². The van der Waals surface area contributed by atoms with E-state index in [0.717, 1.165) is 13.0 Å². The average Bonchev–Trinajstić information content (AvgIpc) is 2.93. The first-order chi connectivity index (χ1) is 10.3. The van der Waals surface area contributed by atoms with Gasteiger partial charge in [0.25, 0.3) is 0 Å². The number of benzene rings is 1. The van der Waals surface area contributed by atoms with E-state index in [1.807, 2.05) is 6.20 Å². The summed E-state index contributed by atoms with van der Waals surface area (Å²) in [6.45, 7) is 5.34. The van der Waals surface area contributed by atoms with Gasteiger partial charge in [0.05, 0.1) is 0 Å². The zero-order valence-corrected chi connectivity index (χ0v) is 13.0. The van der Waals surface area contributed by atoms with Gasteiger partial charge < -0.3 is 5.32 Å². The van der Waals surface area contributed by atoms with Gasteiger partial charge in [-0.1, -0.05) is 42.8 Å². The molecule has 1 aliphatic carbocycles. The molecule has 0 spiro atoms. The fourth-order valence-electron chi connectivity index (χ4n) is 3.43. The first kappa shape index (κ1) is 14.3. The van der Waals surface area contributed by atoms with Gasteiger partial charge in [-0.3, -0.25) is 4.98 Å². The predicted molar refractivity (Wildman–Crippen MR) is 87.6 cm³/mol. The SMILES string of the molecule is CCNC(Cc1ccc(C)cc1)C1CCc2cccnc21. The van der Waals surface area contributed by atoms with Gasteiger partial charge in [0.1, 0.15) is 0 Å². The van der Waals surface area contributed by atoms with Crippen LogP contribution in [0, 0.1) is 6.92 Å². The summed E-state index contributed by atoms with van der Waals surface area (Å²) in [7, 11) is 0. The van der Waals surface area contributed by atoms with Gasteiger partial charge in [-0.25, -0.2) is 0 Å². The highest BCUT2D eigenvalue weighted by Gasteiger charge is 2.30. The van der Waals surface area contributed by atoms with Crippen LogP contribution in [0.15, 0.2) is 42.6 Å². The van der Waals surface area contributed by atoms with Crippen LogP contribution in [-0.4, -0.2) is 17.6 Å². The molecule has 1 aliphatic rings. The highest BCUT2D eigenvalue weighted by Crippen LogP contribution is 2.34. The highest BCUT2D eigenvalue weighted by molar-refractivity contribution is 5.31. The third-order valence-electron chi connectivity index (χ3n) is 4.53. The quantitative estimate of drug-likeness (QED) is 0.904. The molecule has 2 atom stereocenters. The zero-order chi connectivity index (χ0) is 14.7. The second-order valence-electron chi connectivity index (χ2n) is 6.05. The molecule has 2 nitrogen and oxygen atoms in total. The Balaban J connectivity index is 1.80. The molecule has 0 saturated heterocycles. The van der Waals surface area contributed by atoms with Crippen molar-refractivity contribution < 1.29 is 0 Å². The van der Waals surface area contributed by atoms with Crippen molar-refractivity contribution in [3.8, 4) is 0 Å². The number of aromatic nitrogens is 1. The van der Waals surface area contributed by atoms with Crippen LogP contribution in [0.4, 0.5) is 0 Å². The fraction of sp³-hybridized carbons (Fsp3) is 0.421. The van der Waals surface area contributed by atoms with Gasteiger partial charge in [0.15, 0.2) is 0 Å². The van der Waals surface area contributed by atoms with Crippen molar-refractivity contribution in [2.45, 2.75) is 45.1 Å². The smallest absolute Gasteiger partial charge is 0.0482 e. The van der Waals surface area contributed by atoms with Crippen LogP contribution in [0.5, 0.6) is 0 Å². The summed E-state index contributed by atoms with van der Waals surface area (Å²) >= 11 is 0. The number of pyridine rings is 1. The molecule has 2 aromatic rings. The van der Waals surface area contributed by atoms with Crippen LogP contribution >= 0.6 is 0 Å². The maximum atomic E-state index is 4.66. The van der Waals surface area contributed by atoms with Crippen molar-refractivity contribution in [2.75, 3.05) is 6.54 Å². The van der Waals surface area contributed by atoms with Crippen LogP contribution in [0.1, 0.15) is 41.6 Å². The lowest BCUT2D eigenvalue weighted by atomic mass is 9.91. The van der Waals surface area contributed by atoms with Crippen molar-refractivity contribution in [3.05, 3.63) is 65.0 Å². The van der Waals surface area contributed by atoms with Gasteiger partial charge in [-0.15, -0.1) is 0 Å². The molecule has 0 bridgehead atoms. The second kappa shape index (κ2) is 6.40. The summed E-state index contributed by atoms with van der Waals surface area (Å²) in [5.74, 6) is 0.544. The summed E-state index contributed by atoms with van der Waals surface area (Å²) in [6.07, 6.45) is 5.40. The molecule has 2 heteroatoms. The molecule has 0 fully saturated rings. The number of fused-ring (bicyclic) bond motifs is 1. The lowest BCUT2D eigenvalue weighted by molar-refractivity contribution is 0.430. The number of likely N-dealkylation sites (N-methyl/N-ethyl adjacent to an activating group) is 1. The van der Waals surface area contributed by atoms with E-state index < -0.39 is 0 Å². The molecule has 0 amide bonds. The normalized spacial score (nSPS) is 18.5. The Kier molecular flexibility index (Phi) is 4.35. The topological polar surface area (TPSA) is 24.9 Å².